The number of hydrogen-bond donors (Lipinski definition) is 9. The van der Waals surface area contributed by atoms with Crippen molar-refractivity contribution in [2.45, 2.75) is 75.7 Å². The van der Waals surface area contributed by atoms with Crippen LogP contribution in [0.15, 0.2) is 0 Å². The van der Waals surface area contributed by atoms with E-state index in [2.05, 4.69) is 10.6 Å². The van der Waals surface area contributed by atoms with Gasteiger partial charge in [0.2, 0.25) is 17.7 Å². The molecule has 15 heteroatoms. The molecule has 0 rings (SSSR count). The van der Waals surface area contributed by atoms with Crippen LogP contribution in [0.1, 0.15) is 45.4 Å². The quantitative estimate of drug-likeness (QED) is 0.0905. The molecule has 0 aliphatic rings. The molecule has 0 radical (unpaired) electrons. The first-order chi connectivity index (χ1) is 15.8. The maximum absolute atomic E-state index is 12.8. The summed E-state index contributed by atoms with van der Waals surface area (Å²) in [6, 6.07) is -5.97. The Labute approximate surface area is 195 Å². The first kappa shape index (κ1) is 30.7. The van der Waals surface area contributed by atoms with Crippen molar-refractivity contribution < 1.29 is 49.2 Å². The van der Waals surface area contributed by atoms with Crippen molar-refractivity contribution in [1.82, 2.24) is 16.0 Å². The monoisotopic (exact) mass is 491 g/mol. The Hall–Kier alpha value is -3.30. The van der Waals surface area contributed by atoms with Gasteiger partial charge >= 0.3 is 17.9 Å². The second-order valence-electron chi connectivity index (χ2n) is 7.61. The van der Waals surface area contributed by atoms with E-state index in [1.54, 1.807) is 0 Å². The molecule has 0 aromatic carbocycles. The number of hydrogen-bond acceptors (Lipinski definition) is 9. The second-order valence-corrected chi connectivity index (χ2v) is 7.61. The van der Waals surface area contributed by atoms with E-state index in [1.165, 1.54) is 0 Å². The third kappa shape index (κ3) is 12.1. The molecule has 0 saturated carbocycles. The molecule has 0 aromatic heterocycles. The van der Waals surface area contributed by atoms with E-state index < -0.39 is 72.3 Å². The fraction of sp³-hybridized carbons (Fsp3) is 0.684. The lowest BCUT2D eigenvalue weighted by atomic mass is 10.1. The average molecular weight is 491 g/mol. The molecule has 3 amide bonds. The van der Waals surface area contributed by atoms with E-state index >= 15 is 0 Å². The van der Waals surface area contributed by atoms with Gasteiger partial charge < -0.3 is 47.8 Å². The number of rotatable bonds is 17. The van der Waals surface area contributed by atoms with Crippen molar-refractivity contribution in [1.29, 1.82) is 0 Å². The van der Waals surface area contributed by atoms with Crippen LogP contribution in [-0.4, -0.2) is 92.9 Å². The minimum absolute atomic E-state index is 0.0489. The summed E-state index contributed by atoms with van der Waals surface area (Å²) < 4.78 is 0. The molecule has 15 nitrogen and oxygen atoms in total. The van der Waals surface area contributed by atoms with Crippen LogP contribution in [0, 0.1) is 0 Å². The Morgan fingerprint density at radius 1 is 0.794 bits per heavy atom. The summed E-state index contributed by atoms with van der Waals surface area (Å²) in [5.74, 6) is -7.17. The summed E-state index contributed by atoms with van der Waals surface area (Å²) in [7, 11) is 0. The number of unbranched alkanes of at least 4 members (excludes halogenated alkanes) is 1. The summed E-state index contributed by atoms with van der Waals surface area (Å²) in [5, 5.41) is 42.9. The number of aliphatic carboxylic acids is 3. The summed E-state index contributed by atoms with van der Waals surface area (Å²) in [4.78, 5) is 70.6. The molecule has 0 saturated heterocycles. The van der Waals surface area contributed by atoms with Crippen LogP contribution in [0.4, 0.5) is 0 Å². The van der Waals surface area contributed by atoms with Crippen molar-refractivity contribution in [3.63, 3.8) is 0 Å². The van der Waals surface area contributed by atoms with Gasteiger partial charge in [-0.05, 0) is 39.2 Å². The Bertz CT molecular complexity index is 745. The third-order valence-electron chi connectivity index (χ3n) is 4.64. The molecule has 0 heterocycles. The highest BCUT2D eigenvalue weighted by atomic mass is 16.4. The molecule has 0 spiro atoms. The number of nitrogens with one attached hydrogen (secondary N) is 3. The number of aliphatic hydroxyl groups excluding tert-OH is 1. The molecule has 0 bridgehead atoms. The van der Waals surface area contributed by atoms with E-state index in [1.807, 2.05) is 5.32 Å². The normalized spacial score (nSPS) is 15.2. The van der Waals surface area contributed by atoms with Gasteiger partial charge in [-0.3, -0.25) is 24.0 Å². The summed E-state index contributed by atoms with van der Waals surface area (Å²) in [6.45, 7) is 1.39. The summed E-state index contributed by atoms with van der Waals surface area (Å²) in [5.41, 5.74) is 11.1. The number of carboxylic acids is 3. The smallest absolute Gasteiger partial charge is 0.328 e. The zero-order valence-corrected chi connectivity index (χ0v) is 18.7. The molecule has 0 fully saturated rings. The maximum Gasteiger partial charge on any atom is 0.328 e. The highest BCUT2D eigenvalue weighted by molar-refractivity contribution is 5.95. The molecular weight excluding hydrogens is 458 g/mol. The van der Waals surface area contributed by atoms with E-state index in [0.29, 0.717) is 19.4 Å². The van der Waals surface area contributed by atoms with Gasteiger partial charge in [0.1, 0.15) is 12.1 Å². The first-order valence-electron chi connectivity index (χ1n) is 10.5. The highest BCUT2D eigenvalue weighted by Gasteiger charge is 2.32. The van der Waals surface area contributed by atoms with E-state index in [4.69, 9.17) is 26.8 Å². The number of aliphatic hydroxyl groups is 1. The van der Waals surface area contributed by atoms with Gasteiger partial charge in [0.15, 0.2) is 6.04 Å². The van der Waals surface area contributed by atoms with E-state index in [9.17, 15) is 33.9 Å². The van der Waals surface area contributed by atoms with Crippen molar-refractivity contribution in [2.75, 3.05) is 6.54 Å². The van der Waals surface area contributed by atoms with Crippen LogP contribution in [0.25, 0.3) is 0 Å². The van der Waals surface area contributed by atoms with Crippen LogP contribution in [0.3, 0.4) is 0 Å². The van der Waals surface area contributed by atoms with E-state index in [0.717, 1.165) is 6.92 Å². The molecule has 0 aliphatic heterocycles. The van der Waals surface area contributed by atoms with Crippen molar-refractivity contribution in [3.8, 4) is 0 Å². The minimum Gasteiger partial charge on any atom is -0.481 e. The Kier molecular flexibility index (Phi) is 14.0. The van der Waals surface area contributed by atoms with Gasteiger partial charge in [0, 0.05) is 6.42 Å². The lowest BCUT2D eigenvalue weighted by Gasteiger charge is -2.25. The average Bonchev–Trinajstić information content (AvgIpc) is 2.73. The van der Waals surface area contributed by atoms with Gasteiger partial charge in [-0.2, -0.15) is 0 Å². The number of carbonyl (C=O) groups excluding carboxylic acids is 3. The molecule has 11 N–H and O–H groups in total. The van der Waals surface area contributed by atoms with Gasteiger partial charge in [0.25, 0.3) is 0 Å². The zero-order valence-electron chi connectivity index (χ0n) is 18.7. The highest BCUT2D eigenvalue weighted by Crippen LogP contribution is 2.05. The van der Waals surface area contributed by atoms with Crippen molar-refractivity contribution >= 4 is 35.6 Å². The Balaban J connectivity index is 5.50. The number of carbonyl (C=O) groups is 6. The van der Waals surface area contributed by atoms with Gasteiger partial charge in [0.05, 0.1) is 18.6 Å². The van der Waals surface area contributed by atoms with Crippen LogP contribution in [0.2, 0.25) is 0 Å². The molecule has 0 aromatic rings. The molecule has 34 heavy (non-hydrogen) atoms. The molecular formula is C19H33N5O10. The fourth-order valence-electron chi connectivity index (χ4n) is 2.75. The fourth-order valence-corrected chi connectivity index (χ4v) is 2.75. The second kappa shape index (κ2) is 15.5. The van der Waals surface area contributed by atoms with Crippen LogP contribution in [-0.2, 0) is 28.8 Å². The largest absolute Gasteiger partial charge is 0.481 e. The third-order valence-corrected chi connectivity index (χ3v) is 4.64. The minimum atomic E-state index is -1.76. The molecule has 5 atom stereocenters. The Morgan fingerprint density at radius 2 is 1.35 bits per heavy atom. The van der Waals surface area contributed by atoms with Crippen molar-refractivity contribution in [3.05, 3.63) is 0 Å². The SMILES string of the molecule is CC(O)C(NC(=O)C(CC(=O)O)NC(=O)C(CCCCN)NC(=O)C(N)CCC(=O)O)C(=O)O. The van der Waals surface area contributed by atoms with Crippen molar-refractivity contribution in [2.24, 2.45) is 11.5 Å². The molecule has 194 valence electrons. The Morgan fingerprint density at radius 3 is 1.82 bits per heavy atom. The van der Waals surface area contributed by atoms with Crippen LogP contribution >= 0.6 is 0 Å². The number of carboxylic acid groups (broad SMARTS) is 3. The van der Waals surface area contributed by atoms with Crippen LogP contribution in [0.5, 0.6) is 0 Å². The van der Waals surface area contributed by atoms with E-state index in [-0.39, 0.29) is 19.3 Å². The van der Waals surface area contributed by atoms with Crippen LogP contribution < -0.4 is 27.4 Å². The zero-order chi connectivity index (χ0) is 26.4. The van der Waals surface area contributed by atoms with Gasteiger partial charge in [-0.25, -0.2) is 4.79 Å². The lowest BCUT2D eigenvalue weighted by Crippen LogP contribution is -2.58. The number of amides is 3. The topological polar surface area (TPSA) is 271 Å². The van der Waals surface area contributed by atoms with Gasteiger partial charge in [-0.1, -0.05) is 0 Å². The predicted molar refractivity (Wildman–Crippen MR) is 115 cm³/mol. The number of nitrogens with two attached hydrogens (primary N) is 2. The maximum atomic E-state index is 12.8. The van der Waals surface area contributed by atoms with Gasteiger partial charge in [-0.15, -0.1) is 0 Å². The molecule has 5 unspecified atom stereocenters. The summed E-state index contributed by atoms with van der Waals surface area (Å²) >= 11 is 0. The molecule has 0 aliphatic carbocycles. The lowest BCUT2D eigenvalue weighted by molar-refractivity contribution is -0.146. The summed E-state index contributed by atoms with van der Waals surface area (Å²) in [6.07, 6.45) is -2.10. The standard InChI is InChI=1S/C19H33N5O10/c1-9(25)15(19(33)34)24-18(32)12(8-14(28)29)23-17(31)11(4-2-3-7-20)22-16(30)10(21)5-6-13(26)27/h9-12,15,25H,2-8,20-21H2,1H3,(H,22,30)(H,23,31)(H,24,32)(H,26,27)(H,28,29)(H,33,34). The predicted octanol–water partition coefficient (Wildman–Crippen LogP) is -3.30. The first-order valence-corrected chi connectivity index (χ1v) is 10.5.